The highest BCUT2D eigenvalue weighted by molar-refractivity contribution is 5.94. The second-order valence-corrected chi connectivity index (χ2v) is 4.71. The van der Waals surface area contributed by atoms with Crippen molar-refractivity contribution in [2.75, 3.05) is 20.3 Å². The van der Waals surface area contributed by atoms with Gasteiger partial charge in [-0.1, -0.05) is 0 Å². The van der Waals surface area contributed by atoms with Crippen LogP contribution in [0.3, 0.4) is 0 Å². The normalized spacial score (nSPS) is 13.3. The molecule has 0 aliphatic rings. The number of ether oxygens (including phenoxy) is 2. The summed E-state index contributed by atoms with van der Waals surface area (Å²) >= 11 is 0. The van der Waals surface area contributed by atoms with Crippen LogP contribution in [0.1, 0.15) is 35.9 Å². The van der Waals surface area contributed by atoms with Crippen molar-refractivity contribution < 1.29 is 23.5 Å². The Kier molecular flexibility index (Phi) is 6.94. The number of methoxy groups -OCH3 is 1. The molecule has 1 unspecified atom stereocenters. The van der Waals surface area contributed by atoms with Gasteiger partial charge in [0.05, 0.1) is 13.2 Å². The number of nitrogens with one attached hydrogen (secondary N) is 1. The Bertz CT molecular complexity index is 536. The molecule has 1 aromatic rings. The number of amides is 1. The molecule has 0 aliphatic heterocycles. The number of nitrogens with two attached hydrogens (primary N) is 1. The molecule has 0 bridgehead atoms. The van der Waals surface area contributed by atoms with Crippen molar-refractivity contribution in [2.24, 2.45) is 5.73 Å². The molecule has 1 aromatic carbocycles. The Morgan fingerprint density at radius 3 is 2.64 bits per heavy atom. The predicted octanol–water partition coefficient (Wildman–Crippen LogP) is 1.15. The highest BCUT2D eigenvalue weighted by atomic mass is 19.1. The van der Waals surface area contributed by atoms with E-state index in [-0.39, 0.29) is 18.2 Å². The van der Waals surface area contributed by atoms with Crippen LogP contribution in [0, 0.1) is 5.82 Å². The van der Waals surface area contributed by atoms with Gasteiger partial charge in [-0.2, -0.15) is 0 Å². The van der Waals surface area contributed by atoms with E-state index in [1.54, 1.807) is 13.0 Å². The average Bonchev–Trinajstić information content (AvgIpc) is 2.50. The van der Waals surface area contributed by atoms with Crippen LogP contribution in [0.2, 0.25) is 0 Å². The zero-order valence-electron chi connectivity index (χ0n) is 12.9. The maximum atomic E-state index is 13.6. The van der Waals surface area contributed by atoms with Crippen LogP contribution < -0.4 is 11.1 Å². The topological polar surface area (TPSA) is 90.6 Å². The first-order chi connectivity index (χ1) is 10.4. The maximum absolute atomic E-state index is 13.6. The standard InChI is InChI=1S/C15H21FN2O4/c1-4-22-9(2)10-5-11(7-12(16)6-10)14(19)18-8-13(17)15(20)21-3/h5-7,9,13H,4,8,17H2,1-3H3,(H,18,19)/t9-,13?/m0/s1. The van der Waals surface area contributed by atoms with Gasteiger partial charge in [0.15, 0.2) is 0 Å². The summed E-state index contributed by atoms with van der Waals surface area (Å²) < 4.78 is 23.5. The van der Waals surface area contributed by atoms with E-state index in [4.69, 9.17) is 10.5 Å². The van der Waals surface area contributed by atoms with E-state index in [0.29, 0.717) is 12.2 Å². The zero-order valence-corrected chi connectivity index (χ0v) is 12.9. The highest BCUT2D eigenvalue weighted by Gasteiger charge is 2.17. The Hall–Kier alpha value is -1.99. The second-order valence-electron chi connectivity index (χ2n) is 4.71. The summed E-state index contributed by atoms with van der Waals surface area (Å²) in [5, 5.41) is 2.47. The number of halogens is 1. The third-order valence-corrected chi connectivity index (χ3v) is 3.05. The monoisotopic (exact) mass is 312 g/mol. The number of carbonyl (C=O) groups is 2. The van der Waals surface area contributed by atoms with Gasteiger partial charge in [0.25, 0.3) is 5.91 Å². The molecule has 22 heavy (non-hydrogen) atoms. The van der Waals surface area contributed by atoms with Crippen molar-refractivity contribution in [1.82, 2.24) is 5.32 Å². The van der Waals surface area contributed by atoms with Crippen molar-refractivity contribution in [3.05, 3.63) is 35.1 Å². The molecular weight excluding hydrogens is 291 g/mol. The lowest BCUT2D eigenvalue weighted by Crippen LogP contribution is -2.43. The van der Waals surface area contributed by atoms with E-state index in [1.807, 2.05) is 6.92 Å². The first kappa shape index (κ1) is 18.1. The molecule has 0 saturated heterocycles. The van der Waals surface area contributed by atoms with Gasteiger partial charge in [0.1, 0.15) is 11.9 Å². The minimum absolute atomic E-state index is 0.0988. The van der Waals surface area contributed by atoms with Crippen LogP contribution in [0.25, 0.3) is 0 Å². The molecule has 3 N–H and O–H groups in total. The summed E-state index contributed by atoms with van der Waals surface area (Å²) in [6, 6.07) is 3.00. The van der Waals surface area contributed by atoms with Gasteiger partial charge in [-0.25, -0.2) is 4.39 Å². The minimum atomic E-state index is -0.968. The Labute approximate surface area is 128 Å². The molecule has 7 heteroatoms. The van der Waals surface area contributed by atoms with Gasteiger partial charge in [-0.3, -0.25) is 9.59 Å². The van der Waals surface area contributed by atoms with Gasteiger partial charge in [0, 0.05) is 18.7 Å². The molecule has 1 rings (SSSR count). The SMILES string of the molecule is CCO[C@@H](C)c1cc(F)cc(C(=O)NCC(N)C(=O)OC)c1. The largest absolute Gasteiger partial charge is 0.468 e. The molecule has 2 atom stereocenters. The summed E-state index contributed by atoms with van der Waals surface area (Å²) in [7, 11) is 1.21. The van der Waals surface area contributed by atoms with E-state index in [1.165, 1.54) is 13.2 Å². The molecule has 0 spiro atoms. The zero-order chi connectivity index (χ0) is 16.7. The van der Waals surface area contributed by atoms with Gasteiger partial charge in [-0.15, -0.1) is 0 Å². The molecule has 6 nitrogen and oxygen atoms in total. The summed E-state index contributed by atoms with van der Waals surface area (Å²) in [6.07, 6.45) is -0.329. The molecule has 1 amide bonds. The third-order valence-electron chi connectivity index (χ3n) is 3.05. The van der Waals surface area contributed by atoms with Crippen molar-refractivity contribution >= 4 is 11.9 Å². The maximum Gasteiger partial charge on any atom is 0.324 e. The lowest BCUT2D eigenvalue weighted by Gasteiger charge is -2.14. The van der Waals surface area contributed by atoms with Crippen LogP contribution in [0.4, 0.5) is 4.39 Å². The van der Waals surface area contributed by atoms with E-state index in [0.717, 1.165) is 6.07 Å². The van der Waals surface area contributed by atoms with Crippen molar-refractivity contribution in [3.63, 3.8) is 0 Å². The minimum Gasteiger partial charge on any atom is -0.468 e. The number of carbonyl (C=O) groups excluding carboxylic acids is 2. The van der Waals surface area contributed by atoms with Crippen molar-refractivity contribution in [3.8, 4) is 0 Å². The molecule has 0 fully saturated rings. The third kappa shape index (κ3) is 5.09. The number of hydrogen-bond donors (Lipinski definition) is 2. The Morgan fingerprint density at radius 1 is 1.36 bits per heavy atom. The van der Waals surface area contributed by atoms with E-state index < -0.39 is 23.7 Å². The summed E-state index contributed by atoms with van der Waals surface area (Å²) in [5.41, 5.74) is 6.22. The first-order valence-electron chi connectivity index (χ1n) is 6.92. The van der Waals surface area contributed by atoms with E-state index in [2.05, 4.69) is 10.1 Å². The fourth-order valence-corrected chi connectivity index (χ4v) is 1.86. The molecule has 0 saturated carbocycles. The smallest absolute Gasteiger partial charge is 0.324 e. The van der Waals surface area contributed by atoms with E-state index >= 15 is 0 Å². The van der Waals surface area contributed by atoms with Crippen LogP contribution in [-0.4, -0.2) is 38.2 Å². The molecule has 0 heterocycles. The fourth-order valence-electron chi connectivity index (χ4n) is 1.86. The van der Waals surface area contributed by atoms with Crippen LogP contribution >= 0.6 is 0 Å². The average molecular weight is 312 g/mol. The molecule has 0 aromatic heterocycles. The van der Waals surface area contributed by atoms with Crippen molar-refractivity contribution in [1.29, 1.82) is 0 Å². The van der Waals surface area contributed by atoms with E-state index in [9.17, 15) is 14.0 Å². The molecule has 0 radical (unpaired) electrons. The fraction of sp³-hybridized carbons (Fsp3) is 0.467. The number of benzene rings is 1. The predicted molar refractivity (Wildman–Crippen MR) is 78.8 cm³/mol. The highest BCUT2D eigenvalue weighted by Crippen LogP contribution is 2.19. The van der Waals surface area contributed by atoms with Crippen LogP contribution in [0.5, 0.6) is 0 Å². The van der Waals surface area contributed by atoms with Crippen molar-refractivity contribution in [2.45, 2.75) is 26.0 Å². The van der Waals surface area contributed by atoms with Gasteiger partial charge in [-0.05, 0) is 37.6 Å². The molecule has 122 valence electrons. The molecule has 0 aliphatic carbocycles. The van der Waals surface area contributed by atoms with Gasteiger partial charge >= 0.3 is 5.97 Å². The molecular formula is C15H21FN2O4. The van der Waals surface area contributed by atoms with Gasteiger partial charge in [0.2, 0.25) is 0 Å². The first-order valence-corrected chi connectivity index (χ1v) is 6.92. The summed E-state index contributed by atoms with van der Waals surface area (Å²) in [6.45, 7) is 3.98. The Balaban J connectivity index is 2.79. The number of esters is 1. The summed E-state index contributed by atoms with van der Waals surface area (Å²) in [4.78, 5) is 23.2. The van der Waals surface area contributed by atoms with Gasteiger partial charge < -0.3 is 20.5 Å². The van der Waals surface area contributed by atoms with Crippen LogP contribution in [-0.2, 0) is 14.3 Å². The summed E-state index contributed by atoms with van der Waals surface area (Å²) in [5.74, 6) is -1.69. The van der Waals surface area contributed by atoms with Crippen LogP contribution in [0.15, 0.2) is 18.2 Å². The lowest BCUT2D eigenvalue weighted by atomic mass is 10.1. The second kappa shape index (κ2) is 8.45. The quantitative estimate of drug-likeness (QED) is 0.737. The Morgan fingerprint density at radius 2 is 2.05 bits per heavy atom. The number of rotatable bonds is 7. The lowest BCUT2D eigenvalue weighted by molar-refractivity contribution is -0.141. The number of hydrogen-bond acceptors (Lipinski definition) is 5.